The van der Waals surface area contributed by atoms with E-state index in [0.717, 1.165) is 45.1 Å². The molecule has 1 aliphatic heterocycles. The molecule has 6 heteroatoms. The molecular weight excluding hydrogens is 316 g/mol. The molecule has 0 N–H and O–H groups in total. The average Bonchev–Trinajstić information content (AvgIpc) is 2.62. The van der Waals surface area contributed by atoms with E-state index >= 15 is 0 Å². The number of carbonyl (C=O) groups is 1. The van der Waals surface area contributed by atoms with Crippen LogP contribution in [0.1, 0.15) is 61.9 Å². The fraction of sp³-hybridized carbons (Fsp3) is 0.737. The van der Waals surface area contributed by atoms with Crippen LogP contribution < -0.4 is 4.74 Å². The highest BCUT2D eigenvalue weighted by atomic mass is 16.5. The number of hydrogen-bond donors (Lipinski definition) is 0. The van der Waals surface area contributed by atoms with Crippen LogP contribution in [-0.2, 0) is 0 Å². The van der Waals surface area contributed by atoms with E-state index in [1.807, 2.05) is 4.90 Å². The Morgan fingerprint density at radius 3 is 2.28 bits per heavy atom. The summed E-state index contributed by atoms with van der Waals surface area (Å²) in [4.78, 5) is 25.7. The van der Waals surface area contributed by atoms with E-state index < -0.39 is 0 Å². The van der Waals surface area contributed by atoms with Gasteiger partial charge in [-0.2, -0.15) is 0 Å². The summed E-state index contributed by atoms with van der Waals surface area (Å²) in [6, 6.07) is 0.758. The van der Waals surface area contributed by atoms with Crippen LogP contribution in [0.5, 0.6) is 5.88 Å². The zero-order valence-corrected chi connectivity index (χ0v) is 14.9. The number of nitrogens with zero attached hydrogens (tertiary/aromatic N) is 4. The van der Waals surface area contributed by atoms with Gasteiger partial charge in [0.25, 0.3) is 5.91 Å². The first-order valence-corrected chi connectivity index (χ1v) is 9.81. The van der Waals surface area contributed by atoms with E-state index in [-0.39, 0.29) is 12.0 Å². The van der Waals surface area contributed by atoms with Crippen LogP contribution in [0.4, 0.5) is 0 Å². The first kappa shape index (κ1) is 16.8. The molecule has 2 heterocycles. The Kier molecular flexibility index (Phi) is 5.15. The molecule has 4 rings (SSSR count). The third kappa shape index (κ3) is 3.94. The smallest absolute Gasteiger partial charge is 0.274 e. The summed E-state index contributed by atoms with van der Waals surface area (Å²) in [7, 11) is 0. The number of amides is 1. The summed E-state index contributed by atoms with van der Waals surface area (Å²) < 4.78 is 5.89. The van der Waals surface area contributed by atoms with Gasteiger partial charge in [-0.1, -0.05) is 12.8 Å². The predicted octanol–water partition coefficient (Wildman–Crippen LogP) is 2.50. The minimum absolute atomic E-state index is 0.00928. The molecule has 3 fully saturated rings. The van der Waals surface area contributed by atoms with Crippen LogP contribution in [0.15, 0.2) is 12.4 Å². The van der Waals surface area contributed by atoms with Gasteiger partial charge in [-0.3, -0.25) is 9.69 Å². The van der Waals surface area contributed by atoms with E-state index in [1.54, 1.807) is 12.4 Å². The molecule has 2 aliphatic carbocycles. The van der Waals surface area contributed by atoms with Crippen LogP contribution in [-0.4, -0.2) is 64.0 Å². The summed E-state index contributed by atoms with van der Waals surface area (Å²) in [6.45, 7) is 3.54. The van der Waals surface area contributed by atoms with Gasteiger partial charge in [0.1, 0.15) is 11.8 Å². The lowest BCUT2D eigenvalue weighted by molar-refractivity contribution is 0.0450. The zero-order chi connectivity index (χ0) is 17.1. The molecule has 1 aromatic heterocycles. The van der Waals surface area contributed by atoms with Gasteiger partial charge in [0.15, 0.2) is 0 Å². The highest BCUT2D eigenvalue weighted by Gasteiger charge is 2.30. The van der Waals surface area contributed by atoms with E-state index in [0.29, 0.717) is 11.6 Å². The van der Waals surface area contributed by atoms with Crippen LogP contribution in [0, 0.1) is 0 Å². The van der Waals surface area contributed by atoms with Crippen LogP contribution in [0.25, 0.3) is 0 Å². The van der Waals surface area contributed by atoms with Crippen LogP contribution in [0.2, 0.25) is 0 Å². The van der Waals surface area contributed by atoms with Gasteiger partial charge in [-0.05, 0) is 38.5 Å². The molecular formula is C19H28N4O2. The van der Waals surface area contributed by atoms with Gasteiger partial charge in [-0.15, -0.1) is 0 Å². The number of carbonyl (C=O) groups excluding carboxylic acids is 1. The molecule has 0 bridgehead atoms. The number of ether oxygens (including phenoxy) is 1. The Labute approximate surface area is 149 Å². The molecule has 6 nitrogen and oxygen atoms in total. The molecule has 3 aliphatic rings. The fourth-order valence-electron chi connectivity index (χ4n) is 4.05. The van der Waals surface area contributed by atoms with Crippen molar-refractivity contribution in [3.05, 3.63) is 18.1 Å². The Bertz CT molecular complexity index is 574. The Morgan fingerprint density at radius 2 is 1.68 bits per heavy atom. The van der Waals surface area contributed by atoms with Gasteiger partial charge < -0.3 is 9.64 Å². The second kappa shape index (κ2) is 7.68. The maximum Gasteiger partial charge on any atom is 0.274 e. The standard InChI is InChI=1S/C19H28N4O2/c24-19(23-11-9-22(10-12-23)15-5-4-6-15)17-13-21-18(14-20-17)25-16-7-2-1-3-8-16/h13-16H,1-12H2. The van der Waals surface area contributed by atoms with Crippen molar-refractivity contribution >= 4 is 5.91 Å². The highest BCUT2D eigenvalue weighted by Crippen LogP contribution is 2.26. The van der Waals surface area contributed by atoms with Crippen molar-refractivity contribution < 1.29 is 9.53 Å². The molecule has 1 amide bonds. The first-order valence-electron chi connectivity index (χ1n) is 9.81. The number of rotatable bonds is 4. The van der Waals surface area contributed by atoms with Crippen molar-refractivity contribution in [2.45, 2.75) is 63.5 Å². The average molecular weight is 344 g/mol. The second-order valence-electron chi connectivity index (χ2n) is 7.53. The Morgan fingerprint density at radius 1 is 0.920 bits per heavy atom. The van der Waals surface area contributed by atoms with Crippen molar-refractivity contribution in [2.75, 3.05) is 26.2 Å². The monoisotopic (exact) mass is 344 g/mol. The number of aromatic nitrogens is 2. The topological polar surface area (TPSA) is 58.6 Å². The molecule has 0 radical (unpaired) electrons. The van der Waals surface area contributed by atoms with Crippen molar-refractivity contribution in [3.63, 3.8) is 0 Å². The van der Waals surface area contributed by atoms with Crippen LogP contribution in [0.3, 0.4) is 0 Å². The van der Waals surface area contributed by atoms with Crippen molar-refractivity contribution in [1.82, 2.24) is 19.8 Å². The van der Waals surface area contributed by atoms with E-state index in [1.165, 1.54) is 38.5 Å². The molecule has 2 saturated carbocycles. The largest absolute Gasteiger partial charge is 0.473 e. The summed E-state index contributed by atoms with van der Waals surface area (Å²) in [5, 5.41) is 0. The van der Waals surface area contributed by atoms with Gasteiger partial charge >= 0.3 is 0 Å². The van der Waals surface area contributed by atoms with Crippen molar-refractivity contribution in [2.24, 2.45) is 0 Å². The highest BCUT2D eigenvalue weighted by molar-refractivity contribution is 5.92. The summed E-state index contributed by atoms with van der Waals surface area (Å²) in [5.74, 6) is 0.531. The molecule has 136 valence electrons. The zero-order valence-electron chi connectivity index (χ0n) is 14.9. The molecule has 0 spiro atoms. The van der Waals surface area contributed by atoms with Crippen molar-refractivity contribution in [3.8, 4) is 5.88 Å². The lowest BCUT2D eigenvalue weighted by atomic mass is 9.91. The number of piperazine rings is 1. The Balaban J connectivity index is 1.29. The SMILES string of the molecule is O=C(c1cnc(OC2CCCCC2)cn1)N1CCN(C2CCC2)CC1. The second-order valence-corrected chi connectivity index (χ2v) is 7.53. The maximum absolute atomic E-state index is 12.6. The molecule has 0 unspecified atom stereocenters. The van der Waals surface area contributed by atoms with E-state index in [9.17, 15) is 4.79 Å². The predicted molar refractivity (Wildman–Crippen MR) is 94.6 cm³/mol. The molecule has 0 aromatic carbocycles. The van der Waals surface area contributed by atoms with Gasteiger partial charge in [0.2, 0.25) is 5.88 Å². The third-order valence-corrected chi connectivity index (χ3v) is 5.88. The summed E-state index contributed by atoms with van der Waals surface area (Å²) in [5.41, 5.74) is 0.424. The van der Waals surface area contributed by atoms with E-state index in [2.05, 4.69) is 14.9 Å². The maximum atomic E-state index is 12.6. The normalized spacial score (nSPS) is 23.3. The van der Waals surface area contributed by atoms with Gasteiger partial charge in [0, 0.05) is 32.2 Å². The lowest BCUT2D eigenvalue weighted by Crippen LogP contribution is -2.53. The van der Waals surface area contributed by atoms with Crippen molar-refractivity contribution in [1.29, 1.82) is 0 Å². The van der Waals surface area contributed by atoms with Gasteiger partial charge in [-0.25, -0.2) is 9.97 Å². The molecule has 1 aromatic rings. The minimum Gasteiger partial charge on any atom is -0.473 e. The van der Waals surface area contributed by atoms with Gasteiger partial charge in [0.05, 0.1) is 12.4 Å². The molecule has 1 saturated heterocycles. The van der Waals surface area contributed by atoms with Crippen LogP contribution >= 0.6 is 0 Å². The first-order chi connectivity index (χ1) is 12.3. The third-order valence-electron chi connectivity index (χ3n) is 5.88. The number of hydrogen-bond acceptors (Lipinski definition) is 5. The lowest BCUT2D eigenvalue weighted by Gasteiger charge is -2.42. The molecule has 25 heavy (non-hydrogen) atoms. The fourth-order valence-corrected chi connectivity index (χ4v) is 4.05. The summed E-state index contributed by atoms with van der Waals surface area (Å²) in [6.07, 6.45) is 13.4. The minimum atomic E-state index is -0.00928. The quantitative estimate of drug-likeness (QED) is 0.840. The van der Waals surface area contributed by atoms with E-state index in [4.69, 9.17) is 4.74 Å². The molecule has 0 atom stereocenters. The Hall–Kier alpha value is -1.69. The summed E-state index contributed by atoms with van der Waals surface area (Å²) >= 11 is 0.